The molecule has 2 aromatic rings. The first-order valence-corrected chi connectivity index (χ1v) is 10.5. The van der Waals surface area contributed by atoms with Gasteiger partial charge in [0.05, 0.1) is 25.9 Å². The van der Waals surface area contributed by atoms with Gasteiger partial charge < -0.3 is 20.1 Å². The lowest BCUT2D eigenvalue weighted by atomic mass is 10.1. The summed E-state index contributed by atoms with van der Waals surface area (Å²) >= 11 is 6.90. The van der Waals surface area contributed by atoms with Gasteiger partial charge in [0.2, 0.25) is 0 Å². The maximum absolute atomic E-state index is 12.2. The number of thiocarbonyl (C=S) groups is 1. The summed E-state index contributed by atoms with van der Waals surface area (Å²) in [5.41, 5.74) is 1.54. The van der Waals surface area contributed by atoms with Gasteiger partial charge in [-0.25, -0.2) is 4.79 Å². The van der Waals surface area contributed by atoms with E-state index in [0.29, 0.717) is 15.7 Å². The van der Waals surface area contributed by atoms with Gasteiger partial charge in [-0.15, -0.1) is 11.3 Å². The Bertz CT molecular complexity index is 789. The molecule has 0 spiro atoms. The summed E-state index contributed by atoms with van der Waals surface area (Å²) in [6.07, 6.45) is 0.991. The van der Waals surface area contributed by atoms with Gasteiger partial charge in [0, 0.05) is 24.5 Å². The Labute approximate surface area is 174 Å². The Kier molecular flexibility index (Phi) is 7.79. The number of rotatable bonds is 7. The molecular formula is C20H25N3O3S2. The standard InChI is InChI=1S/C20H25N3O3S2/c1-25-19(24)16-14-17(15-6-3-2-4-7-15)28-18(16)22-20(27)21-8-5-9-23-10-12-26-13-11-23/h2-4,6-7,14H,5,8-13H2,1H3,(H2,21,22,27). The fourth-order valence-corrected chi connectivity index (χ4v) is 4.29. The molecular weight excluding hydrogens is 394 g/mol. The van der Waals surface area contributed by atoms with Crippen molar-refractivity contribution in [2.45, 2.75) is 6.42 Å². The van der Waals surface area contributed by atoms with Gasteiger partial charge in [-0.2, -0.15) is 0 Å². The van der Waals surface area contributed by atoms with E-state index >= 15 is 0 Å². The quantitative estimate of drug-likeness (QED) is 0.406. The van der Waals surface area contributed by atoms with Crippen LogP contribution in [0.25, 0.3) is 10.4 Å². The SMILES string of the molecule is COC(=O)c1cc(-c2ccccc2)sc1NC(=S)NCCCN1CCOCC1. The number of thiophene rings is 1. The van der Waals surface area contributed by atoms with E-state index in [-0.39, 0.29) is 5.97 Å². The van der Waals surface area contributed by atoms with Gasteiger partial charge in [-0.1, -0.05) is 30.3 Å². The highest BCUT2D eigenvalue weighted by Crippen LogP contribution is 2.35. The van der Waals surface area contributed by atoms with Crippen molar-refractivity contribution in [3.05, 3.63) is 42.0 Å². The molecule has 0 radical (unpaired) electrons. The Hall–Kier alpha value is -2.00. The van der Waals surface area contributed by atoms with Crippen molar-refractivity contribution < 1.29 is 14.3 Å². The number of ether oxygens (including phenoxy) is 2. The minimum atomic E-state index is -0.379. The zero-order valence-electron chi connectivity index (χ0n) is 15.9. The van der Waals surface area contributed by atoms with Gasteiger partial charge in [0.1, 0.15) is 5.00 Å². The van der Waals surface area contributed by atoms with Crippen molar-refractivity contribution in [3.63, 3.8) is 0 Å². The Morgan fingerprint density at radius 2 is 2.04 bits per heavy atom. The van der Waals surface area contributed by atoms with Crippen LogP contribution in [-0.4, -0.2) is 62.5 Å². The van der Waals surface area contributed by atoms with Crippen molar-refractivity contribution in [2.75, 3.05) is 51.8 Å². The maximum atomic E-state index is 12.2. The molecule has 0 unspecified atom stereocenters. The average molecular weight is 420 g/mol. The highest BCUT2D eigenvalue weighted by atomic mass is 32.1. The second kappa shape index (κ2) is 10.5. The molecule has 1 aliphatic heterocycles. The van der Waals surface area contributed by atoms with Crippen LogP contribution < -0.4 is 10.6 Å². The highest BCUT2D eigenvalue weighted by Gasteiger charge is 2.18. The summed E-state index contributed by atoms with van der Waals surface area (Å²) in [6.45, 7) is 5.39. The molecule has 0 atom stereocenters. The van der Waals surface area contributed by atoms with E-state index < -0.39 is 0 Å². The predicted octanol–water partition coefficient (Wildman–Crippen LogP) is 3.21. The van der Waals surface area contributed by atoms with Crippen molar-refractivity contribution in [3.8, 4) is 10.4 Å². The summed E-state index contributed by atoms with van der Waals surface area (Å²) in [5, 5.41) is 7.58. The van der Waals surface area contributed by atoms with Crippen LogP contribution in [0.5, 0.6) is 0 Å². The number of hydrogen-bond donors (Lipinski definition) is 2. The number of carbonyl (C=O) groups is 1. The lowest BCUT2D eigenvalue weighted by molar-refractivity contribution is 0.0376. The number of nitrogens with one attached hydrogen (secondary N) is 2. The molecule has 1 aromatic carbocycles. The lowest BCUT2D eigenvalue weighted by Crippen LogP contribution is -2.38. The number of benzene rings is 1. The summed E-state index contributed by atoms with van der Waals surface area (Å²) < 4.78 is 10.3. The first-order valence-electron chi connectivity index (χ1n) is 9.30. The second-order valence-corrected chi connectivity index (χ2v) is 7.86. The van der Waals surface area contributed by atoms with E-state index in [2.05, 4.69) is 15.5 Å². The molecule has 1 saturated heterocycles. The fraction of sp³-hybridized carbons (Fsp3) is 0.400. The smallest absolute Gasteiger partial charge is 0.340 e. The van der Waals surface area contributed by atoms with Crippen LogP contribution >= 0.6 is 23.6 Å². The lowest BCUT2D eigenvalue weighted by Gasteiger charge is -2.26. The van der Waals surface area contributed by atoms with Crippen molar-refractivity contribution in [2.24, 2.45) is 0 Å². The number of esters is 1. The van der Waals surface area contributed by atoms with Gasteiger partial charge >= 0.3 is 5.97 Å². The number of anilines is 1. The molecule has 1 aromatic heterocycles. The zero-order valence-corrected chi connectivity index (χ0v) is 17.5. The molecule has 6 nitrogen and oxygen atoms in total. The molecule has 1 fully saturated rings. The Morgan fingerprint density at radius 3 is 2.75 bits per heavy atom. The van der Waals surface area contributed by atoms with E-state index in [0.717, 1.165) is 56.3 Å². The number of nitrogens with zero attached hydrogens (tertiary/aromatic N) is 1. The summed E-state index contributed by atoms with van der Waals surface area (Å²) in [4.78, 5) is 15.5. The van der Waals surface area contributed by atoms with E-state index in [9.17, 15) is 4.79 Å². The molecule has 8 heteroatoms. The molecule has 0 saturated carbocycles. The van der Waals surface area contributed by atoms with Crippen LogP contribution in [-0.2, 0) is 9.47 Å². The monoisotopic (exact) mass is 419 g/mol. The van der Waals surface area contributed by atoms with Gasteiger partial charge in [0.15, 0.2) is 5.11 Å². The largest absolute Gasteiger partial charge is 0.465 e. The number of morpholine rings is 1. The van der Waals surface area contributed by atoms with Gasteiger partial charge in [0.25, 0.3) is 0 Å². The molecule has 0 bridgehead atoms. The minimum absolute atomic E-state index is 0.379. The van der Waals surface area contributed by atoms with Crippen LogP contribution in [0.1, 0.15) is 16.8 Å². The summed E-state index contributed by atoms with van der Waals surface area (Å²) in [5.74, 6) is -0.379. The third-order valence-corrected chi connectivity index (χ3v) is 5.81. The highest BCUT2D eigenvalue weighted by molar-refractivity contribution is 7.80. The molecule has 2 N–H and O–H groups in total. The van der Waals surface area contributed by atoms with Crippen LogP contribution in [0, 0.1) is 0 Å². The summed E-state index contributed by atoms with van der Waals surface area (Å²) in [6, 6.07) is 11.8. The first kappa shape index (κ1) is 20.7. The number of hydrogen-bond acceptors (Lipinski definition) is 6. The topological polar surface area (TPSA) is 62.8 Å². The fourth-order valence-electron chi connectivity index (χ4n) is 2.97. The second-order valence-electron chi connectivity index (χ2n) is 6.40. The van der Waals surface area contributed by atoms with E-state index in [1.54, 1.807) is 0 Å². The molecule has 1 aliphatic rings. The molecule has 0 amide bonds. The Morgan fingerprint density at radius 1 is 1.29 bits per heavy atom. The van der Waals surface area contributed by atoms with E-state index in [4.69, 9.17) is 21.7 Å². The van der Waals surface area contributed by atoms with E-state index in [1.165, 1.54) is 18.4 Å². The zero-order chi connectivity index (χ0) is 19.8. The van der Waals surface area contributed by atoms with Gasteiger partial charge in [-0.05, 0) is 36.8 Å². The van der Waals surface area contributed by atoms with Crippen LogP contribution in [0.15, 0.2) is 36.4 Å². The number of methoxy groups -OCH3 is 1. The molecule has 28 heavy (non-hydrogen) atoms. The third-order valence-electron chi connectivity index (χ3n) is 4.46. The molecule has 150 valence electrons. The van der Waals surface area contributed by atoms with Crippen molar-refractivity contribution in [1.29, 1.82) is 0 Å². The normalized spacial score (nSPS) is 14.5. The summed E-state index contributed by atoms with van der Waals surface area (Å²) in [7, 11) is 1.38. The van der Waals surface area contributed by atoms with Crippen molar-refractivity contribution in [1.82, 2.24) is 10.2 Å². The van der Waals surface area contributed by atoms with E-state index in [1.807, 2.05) is 36.4 Å². The predicted molar refractivity (Wildman–Crippen MR) is 117 cm³/mol. The number of carbonyl (C=O) groups excluding carboxylic acids is 1. The van der Waals surface area contributed by atoms with Crippen molar-refractivity contribution >= 4 is 39.6 Å². The third kappa shape index (κ3) is 5.75. The first-order chi connectivity index (χ1) is 13.7. The van der Waals surface area contributed by atoms with Crippen LogP contribution in [0.2, 0.25) is 0 Å². The molecule has 0 aliphatic carbocycles. The minimum Gasteiger partial charge on any atom is -0.465 e. The molecule has 2 heterocycles. The van der Waals surface area contributed by atoms with Crippen LogP contribution in [0.3, 0.4) is 0 Å². The average Bonchev–Trinajstić information content (AvgIpc) is 3.16. The Balaban J connectivity index is 1.56. The molecule has 3 rings (SSSR count). The van der Waals surface area contributed by atoms with Crippen LogP contribution in [0.4, 0.5) is 5.00 Å². The van der Waals surface area contributed by atoms with Gasteiger partial charge in [-0.3, -0.25) is 4.90 Å². The maximum Gasteiger partial charge on any atom is 0.340 e.